The summed E-state index contributed by atoms with van der Waals surface area (Å²) < 4.78 is 5.54. The smallest absolute Gasteiger partial charge is 0.273 e. The first kappa shape index (κ1) is 16.5. The fourth-order valence-electron chi connectivity index (χ4n) is 2.01. The molecular weight excluding hydrogens is 292 g/mol. The molecule has 2 aromatic carbocycles. The standard InChI is InChI=1S/C18H20N2O3/c1-2-12-23-16-11-7-6-10-15(16)18(22)20-19-17(21)13-14-8-4-3-5-9-14/h3-11H,2,12-13H2,1H3,(H,19,21)(H,20,22). The number of para-hydroxylation sites is 1. The summed E-state index contributed by atoms with van der Waals surface area (Å²) in [5, 5.41) is 0. The maximum atomic E-state index is 12.2. The molecule has 2 aromatic rings. The van der Waals surface area contributed by atoms with Gasteiger partial charge in [0.1, 0.15) is 5.75 Å². The molecule has 0 aliphatic rings. The molecular formula is C18H20N2O3. The van der Waals surface area contributed by atoms with E-state index in [1.165, 1.54) is 0 Å². The van der Waals surface area contributed by atoms with Gasteiger partial charge in [-0.25, -0.2) is 0 Å². The van der Waals surface area contributed by atoms with Gasteiger partial charge in [0.05, 0.1) is 18.6 Å². The van der Waals surface area contributed by atoms with Crippen molar-refractivity contribution in [2.75, 3.05) is 6.61 Å². The third kappa shape index (κ3) is 5.14. The van der Waals surface area contributed by atoms with E-state index in [0.717, 1.165) is 12.0 Å². The molecule has 0 spiro atoms. The van der Waals surface area contributed by atoms with Crippen LogP contribution in [-0.4, -0.2) is 18.4 Å². The number of nitrogens with one attached hydrogen (secondary N) is 2. The van der Waals surface area contributed by atoms with Gasteiger partial charge in [-0.2, -0.15) is 0 Å². The summed E-state index contributed by atoms with van der Waals surface area (Å²) in [6.45, 7) is 2.52. The van der Waals surface area contributed by atoms with Gasteiger partial charge in [0.2, 0.25) is 5.91 Å². The average Bonchev–Trinajstić information content (AvgIpc) is 2.59. The summed E-state index contributed by atoms with van der Waals surface area (Å²) in [5.74, 6) is -0.182. The van der Waals surface area contributed by atoms with Gasteiger partial charge >= 0.3 is 0 Å². The second-order valence-corrected chi connectivity index (χ2v) is 5.01. The maximum absolute atomic E-state index is 12.2. The van der Waals surface area contributed by atoms with Gasteiger partial charge in [0.15, 0.2) is 0 Å². The Morgan fingerprint density at radius 2 is 1.65 bits per heavy atom. The first-order valence-corrected chi connectivity index (χ1v) is 7.55. The monoisotopic (exact) mass is 312 g/mol. The van der Waals surface area contributed by atoms with E-state index < -0.39 is 5.91 Å². The lowest BCUT2D eigenvalue weighted by atomic mass is 10.1. The highest BCUT2D eigenvalue weighted by atomic mass is 16.5. The van der Waals surface area contributed by atoms with Crippen LogP contribution in [0, 0.1) is 0 Å². The van der Waals surface area contributed by atoms with Crippen molar-refractivity contribution in [3.8, 4) is 5.75 Å². The van der Waals surface area contributed by atoms with Crippen molar-refractivity contribution in [1.82, 2.24) is 10.9 Å². The summed E-state index contributed by atoms with van der Waals surface area (Å²) >= 11 is 0. The third-order valence-electron chi connectivity index (χ3n) is 3.12. The Morgan fingerprint density at radius 3 is 2.39 bits per heavy atom. The Balaban J connectivity index is 1.90. The normalized spacial score (nSPS) is 9.96. The largest absolute Gasteiger partial charge is 0.493 e. The Labute approximate surface area is 135 Å². The number of hydrogen-bond donors (Lipinski definition) is 2. The molecule has 0 fully saturated rings. The minimum absolute atomic E-state index is 0.203. The highest BCUT2D eigenvalue weighted by Crippen LogP contribution is 2.17. The number of ether oxygens (including phenoxy) is 1. The summed E-state index contributed by atoms with van der Waals surface area (Å²) in [7, 11) is 0. The summed E-state index contributed by atoms with van der Waals surface area (Å²) in [5.41, 5.74) is 6.11. The van der Waals surface area contributed by atoms with Crippen LogP contribution < -0.4 is 15.6 Å². The maximum Gasteiger partial charge on any atom is 0.273 e. The Hall–Kier alpha value is -2.82. The van der Waals surface area contributed by atoms with E-state index >= 15 is 0 Å². The van der Waals surface area contributed by atoms with Crippen molar-refractivity contribution < 1.29 is 14.3 Å². The fraction of sp³-hybridized carbons (Fsp3) is 0.222. The van der Waals surface area contributed by atoms with Crippen LogP contribution in [-0.2, 0) is 11.2 Å². The van der Waals surface area contributed by atoms with Gasteiger partial charge in [0.25, 0.3) is 5.91 Å². The molecule has 0 heterocycles. The van der Waals surface area contributed by atoms with Crippen molar-refractivity contribution >= 4 is 11.8 Å². The molecule has 2 amide bonds. The first-order chi connectivity index (χ1) is 11.2. The number of amides is 2. The lowest BCUT2D eigenvalue weighted by molar-refractivity contribution is -0.121. The molecule has 0 aliphatic heterocycles. The lowest BCUT2D eigenvalue weighted by Crippen LogP contribution is -2.42. The van der Waals surface area contributed by atoms with Crippen LogP contribution in [0.15, 0.2) is 54.6 Å². The number of carbonyl (C=O) groups excluding carboxylic acids is 2. The van der Waals surface area contributed by atoms with Crippen LogP contribution in [0.5, 0.6) is 5.75 Å². The predicted octanol–water partition coefficient (Wildman–Crippen LogP) is 2.48. The molecule has 0 radical (unpaired) electrons. The van der Waals surface area contributed by atoms with Crippen molar-refractivity contribution in [2.24, 2.45) is 0 Å². The average molecular weight is 312 g/mol. The minimum atomic E-state index is -0.405. The zero-order valence-electron chi connectivity index (χ0n) is 13.0. The van der Waals surface area contributed by atoms with Gasteiger partial charge in [-0.3, -0.25) is 20.4 Å². The molecule has 0 aromatic heterocycles. The first-order valence-electron chi connectivity index (χ1n) is 7.55. The van der Waals surface area contributed by atoms with E-state index in [2.05, 4.69) is 10.9 Å². The second-order valence-electron chi connectivity index (χ2n) is 5.01. The zero-order valence-corrected chi connectivity index (χ0v) is 13.0. The summed E-state index contributed by atoms with van der Waals surface area (Å²) in [4.78, 5) is 24.0. The molecule has 2 N–H and O–H groups in total. The topological polar surface area (TPSA) is 67.4 Å². The quantitative estimate of drug-likeness (QED) is 0.805. The molecule has 0 unspecified atom stereocenters. The number of carbonyl (C=O) groups is 2. The van der Waals surface area contributed by atoms with E-state index in [1.54, 1.807) is 24.3 Å². The molecule has 0 aliphatic carbocycles. The highest BCUT2D eigenvalue weighted by Gasteiger charge is 2.12. The summed E-state index contributed by atoms with van der Waals surface area (Å²) in [6.07, 6.45) is 1.05. The van der Waals surface area contributed by atoms with Crippen LogP contribution in [0.1, 0.15) is 29.3 Å². The van der Waals surface area contributed by atoms with Gasteiger partial charge in [-0.1, -0.05) is 49.4 Å². The Morgan fingerprint density at radius 1 is 0.957 bits per heavy atom. The number of hydrazine groups is 1. The number of rotatable bonds is 6. The van der Waals surface area contributed by atoms with E-state index in [0.29, 0.717) is 17.9 Å². The molecule has 2 rings (SSSR count). The summed E-state index contributed by atoms with van der Waals surface area (Å²) in [6, 6.07) is 16.3. The van der Waals surface area contributed by atoms with E-state index in [9.17, 15) is 9.59 Å². The SMILES string of the molecule is CCCOc1ccccc1C(=O)NNC(=O)Cc1ccccc1. The molecule has 0 bridgehead atoms. The van der Waals surface area contributed by atoms with Crippen LogP contribution in [0.4, 0.5) is 0 Å². The molecule has 0 atom stereocenters. The fourth-order valence-corrected chi connectivity index (χ4v) is 2.01. The van der Waals surface area contributed by atoms with Crippen LogP contribution in [0.3, 0.4) is 0 Å². The molecule has 5 heteroatoms. The van der Waals surface area contributed by atoms with Crippen molar-refractivity contribution in [3.63, 3.8) is 0 Å². The predicted molar refractivity (Wildman–Crippen MR) is 88.0 cm³/mol. The molecule has 5 nitrogen and oxygen atoms in total. The number of benzene rings is 2. The third-order valence-corrected chi connectivity index (χ3v) is 3.12. The van der Waals surface area contributed by atoms with E-state index in [4.69, 9.17) is 4.74 Å². The second kappa shape index (κ2) is 8.58. The van der Waals surface area contributed by atoms with Crippen LogP contribution >= 0.6 is 0 Å². The van der Waals surface area contributed by atoms with E-state index in [1.807, 2.05) is 37.3 Å². The van der Waals surface area contributed by atoms with E-state index in [-0.39, 0.29) is 12.3 Å². The van der Waals surface area contributed by atoms with Gasteiger partial charge in [-0.05, 0) is 24.1 Å². The van der Waals surface area contributed by atoms with Gasteiger partial charge in [0, 0.05) is 0 Å². The Kier molecular flexibility index (Phi) is 6.17. The number of hydrogen-bond acceptors (Lipinski definition) is 3. The van der Waals surface area contributed by atoms with Gasteiger partial charge < -0.3 is 4.74 Å². The van der Waals surface area contributed by atoms with Crippen molar-refractivity contribution in [2.45, 2.75) is 19.8 Å². The van der Waals surface area contributed by atoms with Crippen LogP contribution in [0.25, 0.3) is 0 Å². The minimum Gasteiger partial charge on any atom is -0.493 e. The highest BCUT2D eigenvalue weighted by molar-refractivity contribution is 5.97. The van der Waals surface area contributed by atoms with Gasteiger partial charge in [-0.15, -0.1) is 0 Å². The molecule has 0 saturated heterocycles. The molecule has 120 valence electrons. The lowest BCUT2D eigenvalue weighted by Gasteiger charge is -2.11. The Bertz CT molecular complexity index is 656. The van der Waals surface area contributed by atoms with Crippen molar-refractivity contribution in [3.05, 3.63) is 65.7 Å². The molecule has 23 heavy (non-hydrogen) atoms. The van der Waals surface area contributed by atoms with Crippen molar-refractivity contribution in [1.29, 1.82) is 0 Å². The molecule has 0 saturated carbocycles. The van der Waals surface area contributed by atoms with Crippen LogP contribution in [0.2, 0.25) is 0 Å². The zero-order chi connectivity index (χ0) is 16.5.